The highest BCUT2D eigenvalue weighted by atomic mass is 79.9. The summed E-state index contributed by atoms with van der Waals surface area (Å²) in [5, 5.41) is 0. The van der Waals surface area contributed by atoms with Crippen LogP contribution in [0.25, 0.3) is 0 Å². The Morgan fingerprint density at radius 2 is 2.12 bits per heavy atom. The van der Waals surface area contributed by atoms with Gasteiger partial charge in [-0.25, -0.2) is 4.79 Å². The highest BCUT2D eigenvalue weighted by molar-refractivity contribution is 9.12. The number of aldehydes is 1. The molecule has 0 amide bonds. The van der Waals surface area contributed by atoms with Crippen molar-refractivity contribution in [3.8, 4) is 0 Å². The predicted molar refractivity (Wildman–Crippen MR) is 67.6 cm³/mol. The van der Waals surface area contributed by atoms with Crippen LogP contribution in [0.2, 0.25) is 0 Å². The fourth-order valence-electron chi connectivity index (χ4n) is 2.91. The predicted octanol–water partition coefficient (Wildman–Crippen LogP) is 2.98. The fourth-order valence-corrected chi connectivity index (χ4v) is 3.26. The molecule has 2 atom stereocenters. The molecule has 4 heteroatoms. The minimum Gasteiger partial charge on any atom is -0.454 e. The molecule has 17 heavy (non-hydrogen) atoms. The third-order valence-electron chi connectivity index (χ3n) is 3.79. The van der Waals surface area contributed by atoms with Crippen molar-refractivity contribution in [3.63, 3.8) is 0 Å². The lowest BCUT2D eigenvalue weighted by atomic mass is 9.76. The van der Waals surface area contributed by atoms with E-state index in [1.807, 2.05) is 6.08 Å². The first-order chi connectivity index (χ1) is 8.22. The zero-order valence-electron chi connectivity index (χ0n) is 9.73. The summed E-state index contributed by atoms with van der Waals surface area (Å²) in [5.74, 6) is 0.370. The number of carbonyl (C=O) groups excluding carboxylic acids is 2. The van der Waals surface area contributed by atoms with Gasteiger partial charge in [-0.2, -0.15) is 0 Å². The van der Waals surface area contributed by atoms with Crippen molar-refractivity contribution in [3.05, 3.63) is 10.6 Å². The van der Waals surface area contributed by atoms with Crippen LogP contribution in [-0.2, 0) is 14.3 Å². The number of ether oxygens (including phenoxy) is 1. The summed E-state index contributed by atoms with van der Waals surface area (Å²) in [6, 6.07) is 0. The summed E-state index contributed by atoms with van der Waals surface area (Å²) in [4.78, 5) is 22.2. The van der Waals surface area contributed by atoms with Crippen LogP contribution >= 0.6 is 15.9 Å². The molecule has 0 aromatic carbocycles. The molecule has 2 aliphatic rings. The second-order valence-corrected chi connectivity index (χ2v) is 5.70. The van der Waals surface area contributed by atoms with Gasteiger partial charge in [-0.15, -0.1) is 0 Å². The van der Waals surface area contributed by atoms with Crippen molar-refractivity contribution in [2.24, 2.45) is 11.8 Å². The Bertz CT molecular complexity index is 332. The summed E-state index contributed by atoms with van der Waals surface area (Å²) in [5.41, 5.74) is 0. The quantitative estimate of drug-likeness (QED) is 0.592. The molecule has 0 N–H and O–H groups in total. The van der Waals surface area contributed by atoms with Gasteiger partial charge in [0, 0.05) is 12.3 Å². The van der Waals surface area contributed by atoms with Crippen LogP contribution in [0.3, 0.4) is 0 Å². The number of hydrogen-bond donors (Lipinski definition) is 0. The molecule has 0 aromatic heterocycles. The van der Waals surface area contributed by atoms with Crippen LogP contribution in [0.4, 0.5) is 0 Å². The number of carbonyl (C=O) groups is 2. The van der Waals surface area contributed by atoms with E-state index in [1.165, 1.54) is 19.3 Å². The van der Waals surface area contributed by atoms with E-state index in [9.17, 15) is 9.59 Å². The van der Waals surface area contributed by atoms with Gasteiger partial charge >= 0.3 is 5.97 Å². The Kier molecular flexibility index (Phi) is 4.37. The zero-order valence-corrected chi connectivity index (χ0v) is 11.3. The second-order valence-electron chi connectivity index (χ2n) is 4.85. The lowest BCUT2D eigenvalue weighted by Gasteiger charge is -2.31. The Morgan fingerprint density at radius 3 is 2.65 bits per heavy atom. The summed E-state index contributed by atoms with van der Waals surface area (Å²) in [7, 11) is 0. The first-order valence-corrected chi connectivity index (χ1v) is 7.03. The molecule has 1 fully saturated rings. The van der Waals surface area contributed by atoms with E-state index >= 15 is 0 Å². The normalized spacial score (nSPS) is 27.5. The maximum Gasteiger partial charge on any atom is 0.345 e. The zero-order chi connectivity index (χ0) is 12.3. The minimum absolute atomic E-state index is 0.159. The van der Waals surface area contributed by atoms with Gasteiger partial charge in [-0.3, -0.25) is 0 Å². The summed E-state index contributed by atoms with van der Waals surface area (Å²) in [6.07, 6.45) is 9.07. The summed E-state index contributed by atoms with van der Waals surface area (Å²) < 4.78 is 5.80. The van der Waals surface area contributed by atoms with Gasteiger partial charge in [-0.05, 0) is 27.9 Å². The average Bonchev–Trinajstić information content (AvgIpc) is 2.67. The van der Waals surface area contributed by atoms with E-state index in [0.29, 0.717) is 16.8 Å². The van der Waals surface area contributed by atoms with E-state index in [2.05, 4.69) is 15.9 Å². The van der Waals surface area contributed by atoms with E-state index < -0.39 is 0 Å². The van der Waals surface area contributed by atoms with Gasteiger partial charge in [0.2, 0.25) is 0 Å². The first kappa shape index (κ1) is 12.8. The molecular formula is C13H17BrO3. The highest BCUT2D eigenvalue weighted by Gasteiger charge is 2.35. The monoisotopic (exact) mass is 300 g/mol. The molecule has 0 unspecified atom stereocenters. The number of rotatable bonds is 4. The topological polar surface area (TPSA) is 43.4 Å². The van der Waals surface area contributed by atoms with E-state index in [1.54, 1.807) is 0 Å². The van der Waals surface area contributed by atoms with E-state index in [-0.39, 0.29) is 18.0 Å². The van der Waals surface area contributed by atoms with Crippen molar-refractivity contribution >= 4 is 28.2 Å². The SMILES string of the molecule is O=CC[C@@H](C1CCCCC1)[C@@H]1C=C(Br)C(=O)O1. The smallest absolute Gasteiger partial charge is 0.345 e. The molecule has 0 saturated heterocycles. The van der Waals surface area contributed by atoms with Gasteiger partial charge in [0.05, 0.1) is 0 Å². The third kappa shape index (κ3) is 2.97. The minimum atomic E-state index is -0.304. The maximum atomic E-state index is 11.4. The third-order valence-corrected chi connectivity index (χ3v) is 4.38. The molecule has 0 aromatic rings. The van der Waals surface area contributed by atoms with Gasteiger partial charge in [0.1, 0.15) is 16.9 Å². The molecule has 0 bridgehead atoms. The molecular weight excluding hydrogens is 284 g/mol. The first-order valence-electron chi connectivity index (χ1n) is 6.24. The van der Waals surface area contributed by atoms with Crippen molar-refractivity contribution in [1.82, 2.24) is 0 Å². The van der Waals surface area contributed by atoms with Gasteiger partial charge in [0.15, 0.2) is 0 Å². The lowest BCUT2D eigenvalue weighted by molar-refractivity contribution is -0.142. The molecule has 2 rings (SSSR count). The maximum absolute atomic E-state index is 11.4. The van der Waals surface area contributed by atoms with Gasteiger partial charge < -0.3 is 9.53 Å². The lowest BCUT2D eigenvalue weighted by Crippen LogP contribution is -2.29. The number of esters is 1. The number of hydrogen-bond acceptors (Lipinski definition) is 3. The molecule has 0 spiro atoms. The molecule has 3 nitrogen and oxygen atoms in total. The molecule has 1 aliphatic heterocycles. The number of halogens is 1. The van der Waals surface area contributed by atoms with Crippen molar-refractivity contribution in [1.29, 1.82) is 0 Å². The van der Waals surface area contributed by atoms with Crippen LogP contribution in [0.15, 0.2) is 10.6 Å². The largest absolute Gasteiger partial charge is 0.454 e. The van der Waals surface area contributed by atoms with Crippen LogP contribution in [0, 0.1) is 11.8 Å². The molecule has 0 radical (unpaired) electrons. The van der Waals surface area contributed by atoms with Crippen LogP contribution in [-0.4, -0.2) is 18.4 Å². The summed E-state index contributed by atoms with van der Waals surface area (Å²) in [6.45, 7) is 0. The van der Waals surface area contributed by atoms with Crippen molar-refractivity contribution in [2.45, 2.75) is 44.6 Å². The van der Waals surface area contributed by atoms with Crippen molar-refractivity contribution < 1.29 is 14.3 Å². The van der Waals surface area contributed by atoms with Crippen LogP contribution in [0.1, 0.15) is 38.5 Å². The molecule has 1 saturated carbocycles. The molecule has 1 heterocycles. The number of cyclic esters (lactones) is 1. The van der Waals surface area contributed by atoms with Crippen LogP contribution in [0.5, 0.6) is 0 Å². The van der Waals surface area contributed by atoms with E-state index in [0.717, 1.165) is 19.1 Å². The summed E-state index contributed by atoms with van der Waals surface area (Å²) >= 11 is 3.19. The average molecular weight is 301 g/mol. The van der Waals surface area contributed by atoms with Crippen molar-refractivity contribution in [2.75, 3.05) is 0 Å². The van der Waals surface area contributed by atoms with Gasteiger partial charge in [-0.1, -0.05) is 32.1 Å². The molecule has 94 valence electrons. The standard InChI is InChI=1S/C13H17BrO3/c14-11-8-12(17-13(11)16)10(6-7-15)9-4-2-1-3-5-9/h7-10,12H,1-6H2/t10-,12-/m0/s1. The second kappa shape index (κ2) is 5.80. The van der Waals surface area contributed by atoms with Gasteiger partial charge in [0.25, 0.3) is 0 Å². The Hall–Kier alpha value is -0.640. The Labute approximate surface area is 110 Å². The highest BCUT2D eigenvalue weighted by Crippen LogP contribution is 2.37. The Morgan fingerprint density at radius 1 is 1.41 bits per heavy atom. The molecule has 1 aliphatic carbocycles. The van der Waals surface area contributed by atoms with Crippen LogP contribution < -0.4 is 0 Å². The fraction of sp³-hybridized carbons (Fsp3) is 0.692. The van der Waals surface area contributed by atoms with E-state index in [4.69, 9.17) is 4.74 Å². The Balaban J connectivity index is 2.06.